The summed E-state index contributed by atoms with van der Waals surface area (Å²) in [6, 6.07) is 11.8. The third-order valence-electron chi connectivity index (χ3n) is 3.41. The molecular weight excluding hydrogens is 324 g/mol. The first-order valence-corrected chi connectivity index (χ1v) is 7.51. The lowest BCUT2D eigenvalue weighted by molar-refractivity contribution is -0.114. The molecule has 0 aliphatic heterocycles. The summed E-state index contributed by atoms with van der Waals surface area (Å²) in [7, 11) is 4.41. The standard InChI is InChI=1S/C18H20N2O5/c1-23-14-7-8-16(24-2)15(10-14)19-11-17(21)20-13-6-4-5-12(9-13)18(22)25-3/h4-10,19H,11H2,1-3H3,(H,20,21). The molecule has 0 aromatic heterocycles. The van der Waals surface area contributed by atoms with Gasteiger partial charge in [-0.2, -0.15) is 0 Å². The molecule has 132 valence electrons. The first-order chi connectivity index (χ1) is 12.1. The van der Waals surface area contributed by atoms with Crippen molar-refractivity contribution in [1.82, 2.24) is 0 Å². The number of nitrogens with one attached hydrogen (secondary N) is 2. The van der Waals surface area contributed by atoms with Crippen LogP contribution >= 0.6 is 0 Å². The van der Waals surface area contributed by atoms with Gasteiger partial charge in [0.25, 0.3) is 0 Å². The first kappa shape index (κ1) is 18.1. The van der Waals surface area contributed by atoms with Crippen molar-refractivity contribution in [3.05, 3.63) is 48.0 Å². The summed E-state index contributed by atoms with van der Waals surface area (Å²) in [6.45, 7) is 0.0198. The molecule has 0 unspecified atom stereocenters. The smallest absolute Gasteiger partial charge is 0.337 e. The summed E-state index contributed by atoms with van der Waals surface area (Å²) in [5, 5.41) is 5.72. The predicted octanol–water partition coefficient (Wildman–Crippen LogP) is 2.54. The van der Waals surface area contributed by atoms with Crippen LogP contribution < -0.4 is 20.1 Å². The van der Waals surface area contributed by atoms with Gasteiger partial charge in [-0.3, -0.25) is 4.79 Å². The molecule has 0 radical (unpaired) electrons. The minimum atomic E-state index is -0.463. The zero-order valence-corrected chi connectivity index (χ0v) is 14.3. The van der Waals surface area contributed by atoms with Crippen LogP contribution in [0.15, 0.2) is 42.5 Å². The van der Waals surface area contributed by atoms with Gasteiger partial charge >= 0.3 is 5.97 Å². The minimum absolute atomic E-state index is 0.0198. The van der Waals surface area contributed by atoms with Crippen LogP contribution in [0, 0.1) is 0 Å². The molecule has 0 saturated carbocycles. The number of methoxy groups -OCH3 is 3. The average Bonchev–Trinajstić information content (AvgIpc) is 2.65. The van der Waals surface area contributed by atoms with Crippen LogP contribution in [0.1, 0.15) is 10.4 Å². The first-order valence-electron chi connectivity index (χ1n) is 7.51. The van der Waals surface area contributed by atoms with Gasteiger partial charge in [0.2, 0.25) is 5.91 Å². The fourth-order valence-electron chi connectivity index (χ4n) is 2.17. The Morgan fingerprint density at radius 1 is 1.00 bits per heavy atom. The summed E-state index contributed by atoms with van der Waals surface area (Å²) >= 11 is 0. The number of benzene rings is 2. The van der Waals surface area contributed by atoms with E-state index < -0.39 is 5.97 Å². The topological polar surface area (TPSA) is 85.9 Å². The second kappa shape index (κ2) is 8.58. The van der Waals surface area contributed by atoms with E-state index in [0.29, 0.717) is 28.4 Å². The van der Waals surface area contributed by atoms with Crippen molar-refractivity contribution >= 4 is 23.3 Å². The maximum atomic E-state index is 12.1. The monoisotopic (exact) mass is 344 g/mol. The van der Waals surface area contributed by atoms with Gasteiger partial charge in [0.1, 0.15) is 11.5 Å². The molecule has 0 fully saturated rings. The molecule has 0 spiro atoms. The Kier molecular flexibility index (Phi) is 6.22. The second-order valence-corrected chi connectivity index (χ2v) is 5.04. The Balaban J connectivity index is 2.00. The van der Waals surface area contributed by atoms with E-state index in [1.54, 1.807) is 56.7 Å². The molecular formula is C18H20N2O5. The highest BCUT2D eigenvalue weighted by molar-refractivity contribution is 5.96. The van der Waals surface area contributed by atoms with E-state index in [9.17, 15) is 9.59 Å². The summed E-state index contributed by atoms with van der Waals surface area (Å²) in [4.78, 5) is 23.6. The molecule has 1 amide bonds. The van der Waals surface area contributed by atoms with Gasteiger partial charge in [0.15, 0.2) is 0 Å². The summed E-state index contributed by atoms with van der Waals surface area (Å²) in [6.07, 6.45) is 0. The normalized spacial score (nSPS) is 9.88. The molecule has 7 nitrogen and oxygen atoms in total. The number of carbonyl (C=O) groups excluding carboxylic acids is 2. The number of ether oxygens (including phenoxy) is 3. The van der Waals surface area contributed by atoms with Crippen LogP contribution in [-0.4, -0.2) is 39.8 Å². The average molecular weight is 344 g/mol. The lowest BCUT2D eigenvalue weighted by atomic mass is 10.2. The summed E-state index contributed by atoms with van der Waals surface area (Å²) < 4.78 is 15.1. The quantitative estimate of drug-likeness (QED) is 0.751. The van der Waals surface area contributed by atoms with E-state index in [0.717, 1.165) is 0 Å². The van der Waals surface area contributed by atoms with Gasteiger partial charge in [0, 0.05) is 11.8 Å². The van der Waals surface area contributed by atoms with Crippen molar-refractivity contribution < 1.29 is 23.8 Å². The van der Waals surface area contributed by atoms with Gasteiger partial charge in [-0.05, 0) is 30.3 Å². The Labute approximate surface area is 145 Å². The maximum Gasteiger partial charge on any atom is 0.337 e. The lowest BCUT2D eigenvalue weighted by Gasteiger charge is -2.13. The van der Waals surface area contributed by atoms with Crippen LogP contribution in [0.25, 0.3) is 0 Å². The molecule has 7 heteroatoms. The van der Waals surface area contributed by atoms with Crippen LogP contribution in [0.3, 0.4) is 0 Å². The Morgan fingerprint density at radius 3 is 2.48 bits per heavy atom. The number of carbonyl (C=O) groups is 2. The van der Waals surface area contributed by atoms with Crippen LogP contribution in [-0.2, 0) is 9.53 Å². The van der Waals surface area contributed by atoms with Crippen molar-refractivity contribution in [1.29, 1.82) is 0 Å². The zero-order valence-electron chi connectivity index (χ0n) is 14.3. The molecule has 0 heterocycles. The Morgan fingerprint density at radius 2 is 1.80 bits per heavy atom. The largest absolute Gasteiger partial charge is 0.497 e. The van der Waals surface area contributed by atoms with E-state index >= 15 is 0 Å². The number of hydrogen-bond acceptors (Lipinski definition) is 6. The number of anilines is 2. The Bertz CT molecular complexity index is 761. The molecule has 0 saturated heterocycles. The van der Waals surface area contributed by atoms with Crippen molar-refractivity contribution in [2.45, 2.75) is 0 Å². The lowest BCUT2D eigenvalue weighted by Crippen LogP contribution is -2.22. The van der Waals surface area contributed by atoms with Crippen LogP contribution in [0.4, 0.5) is 11.4 Å². The zero-order chi connectivity index (χ0) is 18.2. The number of esters is 1. The minimum Gasteiger partial charge on any atom is -0.497 e. The third-order valence-corrected chi connectivity index (χ3v) is 3.41. The van der Waals surface area contributed by atoms with Crippen molar-refractivity contribution in [3.63, 3.8) is 0 Å². The van der Waals surface area contributed by atoms with Gasteiger partial charge in [-0.15, -0.1) is 0 Å². The molecule has 2 aromatic rings. The molecule has 2 rings (SSSR count). The van der Waals surface area contributed by atoms with E-state index in [1.807, 2.05) is 0 Å². The molecule has 0 atom stereocenters. The molecule has 25 heavy (non-hydrogen) atoms. The fourth-order valence-corrected chi connectivity index (χ4v) is 2.17. The third kappa shape index (κ3) is 4.87. The van der Waals surface area contributed by atoms with Crippen LogP contribution in [0.5, 0.6) is 11.5 Å². The number of amides is 1. The Hall–Kier alpha value is -3.22. The molecule has 2 aromatic carbocycles. The van der Waals surface area contributed by atoms with Crippen molar-refractivity contribution in [3.8, 4) is 11.5 Å². The highest BCUT2D eigenvalue weighted by atomic mass is 16.5. The van der Waals surface area contributed by atoms with E-state index in [-0.39, 0.29) is 12.5 Å². The second-order valence-electron chi connectivity index (χ2n) is 5.04. The van der Waals surface area contributed by atoms with Gasteiger partial charge in [0.05, 0.1) is 39.1 Å². The van der Waals surface area contributed by atoms with E-state index in [2.05, 4.69) is 15.4 Å². The molecule has 0 aliphatic rings. The summed E-state index contributed by atoms with van der Waals surface area (Å²) in [5.74, 6) is 0.512. The molecule has 0 aliphatic carbocycles. The number of rotatable bonds is 7. The van der Waals surface area contributed by atoms with Crippen LogP contribution in [0.2, 0.25) is 0 Å². The van der Waals surface area contributed by atoms with Gasteiger partial charge in [-0.25, -0.2) is 4.79 Å². The highest BCUT2D eigenvalue weighted by Crippen LogP contribution is 2.28. The summed E-state index contributed by atoms with van der Waals surface area (Å²) in [5.41, 5.74) is 1.51. The van der Waals surface area contributed by atoms with Gasteiger partial charge < -0.3 is 24.8 Å². The number of hydrogen-bond donors (Lipinski definition) is 2. The van der Waals surface area contributed by atoms with Crippen molar-refractivity contribution in [2.75, 3.05) is 38.5 Å². The molecule has 2 N–H and O–H groups in total. The van der Waals surface area contributed by atoms with E-state index in [1.165, 1.54) is 7.11 Å². The van der Waals surface area contributed by atoms with Gasteiger partial charge in [-0.1, -0.05) is 6.07 Å². The van der Waals surface area contributed by atoms with Crippen molar-refractivity contribution in [2.24, 2.45) is 0 Å². The SMILES string of the molecule is COC(=O)c1cccc(NC(=O)CNc2cc(OC)ccc2OC)c1. The van der Waals surface area contributed by atoms with E-state index in [4.69, 9.17) is 9.47 Å². The molecule has 0 bridgehead atoms. The maximum absolute atomic E-state index is 12.1. The highest BCUT2D eigenvalue weighted by Gasteiger charge is 2.09. The predicted molar refractivity (Wildman–Crippen MR) is 94.4 cm³/mol. The fraction of sp³-hybridized carbons (Fsp3) is 0.222.